The Morgan fingerprint density at radius 2 is 2.06 bits per heavy atom. The van der Waals surface area contributed by atoms with Gasteiger partial charge >= 0.3 is 5.97 Å². The van der Waals surface area contributed by atoms with Gasteiger partial charge in [-0.05, 0) is 32.2 Å². The maximum absolute atomic E-state index is 11.6. The maximum Gasteiger partial charge on any atom is 0.317 e. The molecule has 0 spiro atoms. The van der Waals surface area contributed by atoms with Gasteiger partial charge in [-0.1, -0.05) is 0 Å². The second-order valence-corrected chi connectivity index (χ2v) is 4.75. The average Bonchev–Trinajstić information content (AvgIpc) is 2.99. The zero-order chi connectivity index (χ0) is 11.5. The molecule has 2 rings (SSSR count). The van der Waals surface area contributed by atoms with Crippen LogP contribution in [-0.4, -0.2) is 47.6 Å². The predicted octanol–water partition coefficient (Wildman–Crippen LogP) is 0.0616. The molecule has 5 heteroatoms. The lowest BCUT2D eigenvalue weighted by Crippen LogP contribution is -2.49. The predicted molar refractivity (Wildman–Crippen MR) is 58.0 cm³/mol. The molecule has 1 atom stereocenters. The molecule has 0 bridgehead atoms. The minimum Gasteiger partial charge on any atom is -0.480 e. The number of hydrogen-bond donors (Lipinski definition) is 2. The van der Waals surface area contributed by atoms with Crippen LogP contribution in [0.3, 0.4) is 0 Å². The van der Waals surface area contributed by atoms with E-state index in [0.717, 1.165) is 32.2 Å². The van der Waals surface area contributed by atoms with Crippen molar-refractivity contribution in [3.63, 3.8) is 0 Å². The normalized spacial score (nSPS) is 26.4. The quantitative estimate of drug-likeness (QED) is 0.711. The third kappa shape index (κ3) is 3.20. The molecule has 0 radical (unpaired) electrons. The molecule has 16 heavy (non-hydrogen) atoms. The lowest BCUT2D eigenvalue weighted by Gasteiger charge is -2.32. The number of carbonyl (C=O) groups is 2. The fraction of sp³-hybridized carbons (Fsp3) is 0.818. The van der Waals surface area contributed by atoms with Crippen LogP contribution in [0.15, 0.2) is 0 Å². The molecule has 2 aliphatic rings. The van der Waals surface area contributed by atoms with Gasteiger partial charge in [0.15, 0.2) is 0 Å². The number of piperidine rings is 1. The van der Waals surface area contributed by atoms with Crippen molar-refractivity contribution < 1.29 is 14.7 Å². The van der Waals surface area contributed by atoms with Crippen molar-refractivity contribution >= 4 is 11.9 Å². The monoisotopic (exact) mass is 226 g/mol. The van der Waals surface area contributed by atoms with Gasteiger partial charge in [-0.2, -0.15) is 0 Å². The second kappa shape index (κ2) is 4.82. The molecule has 0 aromatic carbocycles. The van der Waals surface area contributed by atoms with Crippen LogP contribution in [0.5, 0.6) is 0 Å². The Kier molecular flexibility index (Phi) is 3.43. The van der Waals surface area contributed by atoms with Crippen molar-refractivity contribution in [3.05, 3.63) is 0 Å². The van der Waals surface area contributed by atoms with E-state index in [1.807, 2.05) is 4.90 Å². The van der Waals surface area contributed by atoms with Crippen molar-refractivity contribution in [3.8, 4) is 0 Å². The van der Waals surface area contributed by atoms with Gasteiger partial charge in [0.25, 0.3) is 0 Å². The highest BCUT2D eigenvalue weighted by molar-refractivity contribution is 5.81. The molecule has 1 saturated carbocycles. The largest absolute Gasteiger partial charge is 0.480 e. The second-order valence-electron chi connectivity index (χ2n) is 4.75. The molecule has 0 aromatic heterocycles. The number of likely N-dealkylation sites (tertiary alicyclic amines) is 1. The smallest absolute Gasteiger partial charge is 0.317 e. The first-order valence-corrected chi connectivity index (χ1v) is 5.89. The molecule has 1 aliphatic heterocycles. The number of nitrogens with zero attached hydrogens (tertiary/aromatic N) is 1. The Bertz CT molecular complexity index is 289. The van der Waals surface area contributed by atoms with Crippen molar-refractivity contribution in [2.75, 3.05) is 19.6 Å². The van der Waals surface area contributed by atoms with Crippen LogP contribution < -0.4 is 5.32 Å². The first-order chi connectivity index (χ1) is 7.65. The molecule has 1 heterocycles. The summed E-state index contributed by atoms with van der Waals surface area (Å²) < 4.78 is 0. The summed E-state index contributed by atoms with van der Waals surface area (Å²) in [6.45, 7) is 1.57. The molecule has 0 unspecified atom stereocenters. The summed E-state index contributed by atoms with van der Waals surface area (Å²) >= 11 is 0. The Morgan fingerprint density at radius 1 is 1.31 bits per heavy atom. The van der Waals surface area contributed by atoms with Gasteiger partial charge in [0, 0.05) is 18.5 Å². The average molecular weight is 226 g/mol. The lowest BCUT2D eigenvalue weighted by atomic mass is 10.1. The zero-order valence-corrected chi connectivity index (χ0v) is 9.32. The van der Waals surface area contributed by atoms with Gasteiger partial charge in [0.05, 0.1) is 6.54 Å². The van der Waals surface area contributed by atoms with Crippen LogP contribution in [0.4, 0.5) is 0 Å². The van der Waals surface area contributed by atoms with Gasteiger partial charge in [-0.15, -0.1) is 0 Å². The van der Waals surface area contributed by atoms with Crippen LogP contribution in [0.25, 0.3) is 0 Å². The Labute approximate surface area is 94.8 Å². The van der Waals surface area contributed by atoms with E-state index in [9.17, 15) is 9.59 Å². The standard InChI is InChI=1S/C11H18N2O3/c14-10(15)7-13-5-1-2-9(6-13)12-11(16)8-3-4-8/h8-9H,1-7H2,(H,12,16)(H,14,15)/t9-/m1/s1. The van der Waals surface area contributed by atoms with E-state index in [0.29, 0.717) is 6.54 Å². The Balaban J connectivity index is 1.76. The molecule has 2 fully saturated rings. The number of rotatable bonds is 4. The van der Waals surface area contributed by atoms with Gasteiger partial charge < -0.3 is 10.4 Å². The van der Waals surface area contributed by atoms with E-state index in [-0.39, 0.29) is 24.4 Å². The molecule has 1 aliphatic carbocycles. The molecular weight excluding hydrogens is 208 g/mol. The van der Waals surface area contributed by atoms with Crippen LogP contribution in [-0.2, 0) is 9.59 Å². The Morgan fingerprint density at radius 3 is 2.69 bits per heavy atom. The number of amides is 1. The number of carboxylic acid groups (broad SMARTS) is 1. The van der Waals surface area contributed by atoms with Crippen molar-refractivity contribution in [2.24, 2.45) is 5.92 Å². The van der Waals surface area contributed by atoms with E-state index in [2.05, 4.69) is 5.32 Å². The van der Waals surface area contributed by atoms with E-state index < -0.39 is 5.97 Å². The Hall–Kier alpha value is -1.10. The van der Waals surface area contributed by atoms with Gasteiger partial charge in [-0.25, -0.2) is 0 Å². The minimum absolute atomic E-state index is 0.0792. The first kappa shape index (κ1) is 11.4. The summed E-state index contributed by atoms with van der Waals surface area (Å²) in [7, 11) is 0. The minimum atomic E-state index is -0.797. The van der Waals surface area contributed by atoms with Gasteiger partial charge in [-0.3, -0.25) is 14.5 Å². The van der Waals surface area contributed by atoms with E-state index in [4.69, 9.17) is 5.11 Å². The number of nitrogens with one attached hydrogen (secondary N) is 1. The van der Waals surface area contributed by atoms with E-state index in [1.54, 1.807) is 0 Å². The number of aliphatic carboxylic acids is 1. The van der Waals surface area contributed by atoms with Crippen LogP contribution in [0.1, 0.15) is 25.7 Å². The fourth-order valence-corrected chi connectivity index (χ4v) is 2.17. The summed E-state index contributed by atoms with van der Waals surface area (Å²) in [5.41, 5.74) is 0. The van der Waals surface area contributed by atoms with Gasteiger partial charge in [0.1, 0.15) is 0 Å². The summed E-state index contributed by atoms with van der Waals surface area (Å²) in [5.74, 6) is -0.411. The summed E-state index contributed by atoms with van der Waals surface area (Å²) in [4.78, 5) is 24.0. The van der Waals surface area contributed by atoms with Crippen molar-refractivity contribution in [2.45, 2.75) is 31.7 Å². The van der Waals surface area contributed by atoms with Crippen LogP contribution in [0, 0.1) is 5.92 Å². The van der Waals surface area contributed by atoms with Crippen LogP contribution in [0.2, 0.25) is 0 Å². The highest BCUT2D eigenvalue weighted by Crippen LogP contribution is 2.29. The summed E-state index contributed by atoms with van der Waals surface area (Å²) in [6, 6.07) is 0.140. The molecule has 2 N–H and O–H groups in total. The van der Waals surface area contributed by atoms with Crippen molar-refractivity contribution in [1.82, 2.24) is 10.2 Å². The molecule has 1 saturated heterocycles. The zero-order valence-electron chi connectivity index (χ0n) is 9.32. The van der Waals surface area contributed by atoms with Gasteiger partial charge in [0.2, 0.25) is 5.91 Å². The fourth-order valence-electron chi connectivity index (χ4n) is 2.17. The van der Waals surface area contributed by atoms with Crippen LogP contribution >= 0.6 is 0 Å². The SMILES string of the molecule is O=C(O)CN1CCC[C@@H](NC(=O)C2CC2)C1. The van der Waals surface area contributed by atoms with E-state index in [1.165, 1.54) is 0 Å². The number of carboxylic acids is 1. The molecule has 5 nitrogen and oxygen atoms in total. The molecule has 90 valence electrons. The topological polar surface area (TPSA) is 69.6 Å². The molecular formula is C11H18N2O3. The summed E-state index contributed by atoms with van der Waals surface area (Å²) in [5, 5.41) is 11.7. The molecule has 1 amide bonds. The number of carbonyl (C=O) groups excluding carboxylic acids is 1. The van der Waals surface area contributed by atoms with Crippen molar-refractivity contribution in [1.29, 1.82) is 0 Å². The first-order valence-electron chi connectivity index (χ1n) is 5.89. The summed E-state index contributed by atoms with van der Waals surface area (Å²) in [6.07, 6.45) is 3.95. The highest BCUT2D eigenvalue weighted by Gasteiger charge is 2.32. The third-order valence-electron chi connectivity index (χ3n) is 3.16. The number of hydrogen-bond acceptors (Lipinski definition) is 3. The lowest BCUT2D eigenvalue weighted by molar-refractivity contribution is -0.138. The molecule has 0 aromatic rings. The highest BCUT2D eigenvalue weighted by atomic mass is 16.4. The maximum atomic E-state index is 11.6. The van der Waals surface area contributed by atoms with E-state index >= 15 is 0 Å². The third-order valence-corrected chi connectivity index (χ3v) is 3.16.